The van der Waals surface area contributed by atoms with Crippen molar-refractivity contribution in [3.63, 3.8) is 0 Å². The molecule has 0 aliphatic heterocycles. The Labute approximate surface area is 117 Å². The Bertz CT molecular complexity index is 376. The topological polar surface area (TPSA) is 49.8 Å². The van der Waals surface area contributed by atoms with Gasteiger partial charge in [-0.1, -0.05) is 41.0 Å². The van der Waals surface area contributed by atoms with E-state index in [0.717, 1.165) is 31.1 Å². The largest absolute Gasteiger partial charge is 0.370 e. The summed E-state index contributed by atoms with van der Waals surface area (Å²) in [7, 11) is 0. The molecule has 1 aromatic rings. The minimum absolute atomic E-state index is 0.403. The second kappa shape index (κ2) is 7.97. The first-order valence-electron chi connectivity index (χ1n) is 7.42. The fourth-order valence-electron chi connectivity index (χ4n) is 1.88. The highest BCUT2D eigenvalue weighted by Gasteiger charge is 2.14. The summed E-state index contributed by atoms with van der Waals surface area (Å²) in [6.45, 7) is 12.9. The van der Waals surface area contributed by atoms with E-state index in [9.17, 15) is 0 Å². The third-order valence-electron chi connectivity index (χ3n) is 3.32. The smallest absolute Gasteiger partial charge is 0.134 e. The Kier molecular flexibility index (Phi) is 6.60. The van der Waals surface area contributed by atoms with Gasteiger partial charge in [0.25, 0.3) is 0 Å². The lowest BCUT2D eigenvalue weighted by molar-refractivity contribution is 0.591. The number of rotatable bonds is 8. The van der Waals surface area contributed by atoms with Gasteiger partial charge in [-0.2, -0.15) is 0 Å². The van der Waals surface area contributed by atoms with Gasteiger partial charge in [-0.3, -0.25) is 0 Å². The maximum Gasteiger partial charge on any atom is 0.134 e. The summed E-state index contributed by atoms with van der Waals surface area (Å²) in [5.41, 5.74) is 1.19. The van der Waals surface area contributed by atoms with E-state index in [1.165, 1.54) is 12.0 Å². The second-order valence-corrected chi connectivity index (χ2v) is 5.46. The Morgan fingerprint density at radius 2 is 1.68 bits per heavy atom. The van der Waals surface area contributed by atoms with Crippen molar-refractivity contribution < 1.29 is 0 Å². The molecule has 1 unspecified atom stereocenters. The fraction of sp³-hybridized carbons (Fsp3) is 0.733. The maximum atomic E-state index is 4.41. The first-order chi connectivity index (χ1) is 9.10. The zero-order valence-electron chi connectivity index (χ0n) is 13.0. The third kappa shape index (κ3) is 4.69. The predicted molar refractivity (Wildman–Crippen MR) is 82.8 cm³/mol. The van der Waals surface area contributed by atoms with Crippen molar-refractivity contribution in [3.8, 4) is 0 Å². The van der Waals surface area contributed by atoms with Crippen LogP contribution in [0.3, 0.4) is 0 Å². The number of nitrogens with zero attached hydrogens (tertiary/aromatic N) is 2. The zero-order chi connectivity index (χ0) is 14.3. The molecule has 0 saturated carbocycles. The maximum absolute atomic E-state index is 4.41. The van der Waals surface area contributed by atoms with Crippen LogP contribution in [0.1, 0.15) is 58.9 Å². The third-order valence-corrected chi connectivity index (χ3v) is 3.32. The van der Waals surface area contributed by atoms with Crippen molar-refractivity contribution in [2.24, 2.45) is 5.92 Å². The summed E-state index contributed by atoms with van der Waals surface area (Å²) in [4.78, 5) is 8.80. The van der Waals surface area contributed by atoms with Crippen molar-refractivity contribution in [1.82, 2.24) is 9.97 Å². The summed E-state index contributed by atoms with van der Waals surface area (Å²) >= 11 is 0. The summed E-state index contributed by atoms with van der Waals surface area (Å²) in [6.07, 6.45) is 3.91. The van der Waals surface area contributed by atoms with E-state index in [2.05, 4.69) is 55.2 Å². The molecule has 0 aliphatic rings. The van der Waals surface area contributed by atoms with Gasteiger partial charge in [-0.25, -0.2) is 9.97 Å². The van der Waals surface area contributed by atoms with Crippen LogP contribution in [-0.4, -0.2) is 23.1 Å². The SMILES string of the molecule is CCCNc1ncnc(NCC(C)CC)c1C(C)C. The molecule has 19 heavy (non-hydrogen) atoms. The fourth-order valence-corrected chi connectivity index (χ4v) is 1.88. The molecule has 0 aromatic carbocycles. The quantitative estimate of drug-likeness (QED) is 0.748. The minimum Gasteiger partial charge on any atom is -0.370 e. The lowest BCUT2D eigenvalue weighted by Crippen LogP contribution is -2.15. The van der Waals surface area contributed by atoms with Gasteiger partial charge in [0.1, 0.15) is 18.0 Å². The highest BCUT2D eigenvalue weighted by molar-refractivity contribution is 5.59. The van der Waals surface area contributed by atoms with Crippen LogP contribution in [0.5, 0.6) is 0 Å². The molecule has 0 aliphatic carbocycles. The molecule has 1 atom stereocenters. The molecule has 0 bridgehead atoms. The second-order valence-electron chi connectivity index (χ2n) is 5.46. The molecule has 2 N–H and O–H groups in total. The summed E-state index contributed by atoms with van der Waals surface area (Å²) in [5, 5.41) is 6.87. The van der Waals surface area contributed by atoms with Gasteiger partial charge in [0.05, 0.1) is 0 Å². The van der Waals surface area contributed by atoms with E-state index in [-0.39, 0.29) is 0 Å². The highest BCUT2D eigenvalue weighted by Crippen LogP contribution is 2.28. The predicted octanol–water partition coefficient (Wildman–Crippen LogP) is 3.88. The van der Waals surface area contributed by atoms with Crippen LogP contribution in [0.4, 0.5) is 11.6 Å². The van der Waals surface area contributed by atoms with Crippen molar-refractivity contribution in [2.45, 2.75) is 53.4 Å². The normalized spacial score (nSPS) is 12.5. The van der Waals surface area contributed by atoms with Crippen LogP contribution < -0.4 is 10.6 Å². The van der Waals surface area contributed by atoms with E-state index in [4.69, 9.17) is 0 Å². The van der Waals surface area contributed by atoms with E-state index < -0.39 is 0 Å². The van der Waals surface area contributed by atoms with Gasteiger partial charge in [0.2, 0.25) is 0 Å². The Hall–Kier alpha value is -1.32. The number of aromatic nitrogens is 2. The number of anilines is 2. The van der Waals surface area contributed by atoms with Crippen LogP contribution >= 0.6 is 0 Å². The molecule has 1 aromatic heterocycles. The molecule has 1 heterocycles. The lowest BCUT2D eigenvalue weighted by atomic mass is 10.0. The first-order valence-corrected chi connectivity index (χ1v) is 7.42. The van der Waals surface area contributed by atoms with Crippen LogP contribution in [0, 0.1) is 5.92 Å². The van der Waals surface area contributed by atoms with E-state index in [0.29, 0.717) is 11.8 Å². The number of hydrogen-bond donors (Lipinski definition) is 2. The molecule has 108 valence electrons. The van der Waals surface area contributed by atoms with Gasteiger partial charge in [0.15, 0.2) is 0 Å². The number of nitrogens with one attached hydrogen (secondary N) is 2. The number of hydrogen-bond acceptors (Lipinski definition) is 4. The zero-order valence-corrected chi connectivity index (χ0v) is 13.0. The Morgan fingerprint density at radius 3 is 2.21 bits per heavy atom. The summed E-state index contributed by atoms with van der Waals surface area (Å²) in [5.74, 6) is 3.00. The van der Waals surface area contributed by atoms with Crippen LogP contribution in [-0.2, 0) is 0 Å². The Balaban J connectivity index is 2.89. The van der Waals surface area contributed by atoms with E-state index >= 15 is 0 Å². The highest BCUT2D eigenvalue weighted by atomic mass is 15.1. The van der Waals surface area contributed by atoms with Crippen LogP contribution in [0.25, 0.3) is 0 Å². The molecule has 4 heteroatoms. The van der Waals surface area contributed by atoms with E-state index in [1.54, 1.807) is 6.33 Å². The monoisotopic (exact) mass is 264 g/mol. The molecule has 0 fully saturated rings. The average molecular weight is 264 g/mol. The van der Waals surface area contributed by atoms with Gasteiger partial charge in [-0.05, 0) is 18.3 Å². The van der Waals surface area contributed by atoms with Crippen molar-refractivity contribution in [2.75, 3.05) is 23.7 Å². The molecule has 0 radical (unpaired) electrons. The minimum atomic E-state index is 0.403. The lowest BCUT2D eigenvalue weighted by Gasteiger charge is -2.19. The molecule has 0 spiro atoms. The average Bonchev–Trinajstić information content (AvgIpc) is 2.41. The Morgan fingerprint density at radius 1 is 1.05 bits per heavy atom. The molecule has 0 saturated heterocycles. The van der Waals surface area contributed by atoms with E-state index in [1.807, 2.05) is 0 Å². The molecule has 1 rings (SSSR count). The van der Waals surface area contributed by atoms with Gasteiger partial charge in [-0.15, -0.1) is 0 Å². The molecular formula is C15H28N4. The summed E-state index contributed by atoms with van der Waals surface area (Å²) < 4.78 is 0. The van der Waals surface area contributed by atoms with Crippen molar-refractivity contribution in [3.05, 3.63) is 11.9 Å². The van der Waals surface area contributed by atoms with Gasteiger partial charge >= 0.3 is 0 Å². The van der Waals surface area contributed by atoms with Crippen LogP contribution in [0.15, 0.2) is 6.33 Å². The van der Waals surface area contributed by atoms with Gasteiger partial charge in [0, 0.05) is 18.7 Å². The molecule has 0 amide bonds. The van der Waals surface area contributed by atoms with Gasteiger partial charge < -0.3 is 10.6 Å². The van der Waals surface area contributed by atoms with Crippen molar-refractivity contribution >= 4 is 11.6 Å². The summed E-state index contributed by atoms with van der Waals surface area (Å²) in [6, 6.07) is 0. The first kappa shape index (κ1) is 15.7. The molecule has 4 nitrogen and oxygen atoms in total. The molecular weight excluding hydrogens is 236 g/mol. The van der Waals surface area contributed by atoms with Crippen molar-refractivity contribution in [1.29, 1.82) is 0 Å². The van der Waals surface area contributed by atoms with Crippen LogP contribution in [0.2, 0.25) is 0 Å². The standard InChI is InChI=1S/C15H28N4/c1-6-8-16-14-13(11(3)4)15(19-10-18-14)17-9-12(5)7-2/h10-12H,6-9H2,1-5H3,(H2,16,17,18,19).